The molecule has 0 aromatic carbocycles. The first-order valence-corrected chi connectivity index (χ1v) is 5.92. The molecule has 1 saturated heterocycles. The predicted molar refractivity (Wildman–Crippen MR) is 61.2 cm³/mol. The van der Waals surface area contributed by atoms with Crippen LogP contribution >= 0.6 is 0 Å². The maximum Gasteiger partial charge on any atom is 0.284 e. The minimum atomic E-state index is -1.01. The molecule has 9 nitrogen and oxygen atoms in total. The number of carbonyl (C=O) groups excluding carboxylic acids is 4. The second kappa shape index (κ2) is 4.15. The van der Waals surface area contributed by atoms with E-state index in [-0.39, 0.29) is 30.1 Å². The number of aryl methyl sites for hydroxylation is 1. The summed E-state index contributed by atoms with van der Waals surface area (Å²) in [6.07, 6.45) is 0.171. The Labute approximate surface area is 112 Å². The molecular weight excluding hydrogens is 266 g/mol. The van der Waals surface area contributed by atoms with Crippen molar-refractivity contribution in [3.63, 3.8) is 0 Å². The second-order valence-corrected chi connectivity index (χ2v) is 4.50. The van der Waals surface area contributed by atoms with E-state index in [1.165, 1.54) is 0 Å². The van der Waals surface area contributed by atoms with Gasteiger partial charge in [-0.05, 0) is 13.3 Å². The number of hydrogen-bond donors (Lipinski definition) is 1. The van der Waals surface area contributed by atoms with E-state index in [1.54, 1.807) is 6.92 Å². The van der Waals surface area contributed by atoms with Crippen molar-refractivity contribution >= 4 is 23.6 Å². The first-order valence-electron chi connectivity index (χ1n) is 5.92. The van der Waals surface area contributed by atoms with Crippen LogP contribution in [0.2, 0.25) is 0 Å². The number of nitrogens with one attached hydrogen (secondary N) is 1. The highest BCUT2D eigenvalue weighted by Crippen LogP contribution is 2.24. The van der Waals surface area contributed by atoms with Crippen molar-refractivity contribution in [1.82, 2.24) is 25.4 Å². The fourth-order valence-corrected chi connectivity index (χ4v) is 2.23. The average Bonchev–Trinajstić information content (AvgIpc) is 2.63. The Morgan fingerprint density at radius 2 is 1.80 bits per heavy atom. The quantitative estimate of drug-likeness (QED) is 0.624. The van der Waals surface area contributed by atoms with Gasteiger partial charge in [0.15, 0.2) is 11.4 Å². The summed E-state index contributed by atoms with van der Waals surface area (Å²) in [6, 6.07) is -1.01. The van der Waals surface area contributed by atoms with Gasteiger partial charge in [-0.25, -0.2) is 4.98 Å². The van der Waals surface area contributed by atoms with Gasteiger partial charge in [-0.1, -0.05) is 0 Å². The van der Waals surface area contributed by atoms with E-state index >= 15 is 0 Å². The maximum absolute atomic E-state index is 12.2. The Kier molecular flexibility index (Phi) is 2.56. The Hall–Kier alpha value is -2.71. The van der Waals surface area contributed by atoms with Gasteiger partial charge in [0.2, 0.25) is 11.8 Å². The number of aromatic nitrogens is 3. The number of piperidine rings is 1. The van der Waals surface area contributed by atoms with Crippen LogP contribution in [0.3, 0.4) is 0 Å². The third-order valence-electron chi connectivity index (χ3n) is 3.16. The van der Waals surface area contributed by atoms with Crippen molar-refractivity contribution in [3.8, 4) is 0 Å². The fraction of sp³-hybridized carbons (Fsp3) is 0.364. The van der Waals surface area contributed by atoms with Gasteiger partial charge in [0.05, 0.1) is 0 Å². The van der Waals surface area contributed by atoms with Crippen molar-refractivity contribution in [2.75, 3.05) is 0 Å². The molecule has 0 aliphatic carbocycles. The van der Waals surface area contributed by atoms with Gasteiger partial charge >= 0.3 is 0 Å². The highest BCUT2D eigenvalue weighted by molar-refractivity contribution is 6.21. The monoisotopic (exact) mass is 275 g/mol. The van der Waals surface area contributed by atoms with Crippen LogP contribution in [0, 0.1) is 6.92 Å². The third kappa shape index (κ3) is 1.67. The summed E-state index contributed by atoms with van der Waals surface area (Å²) in [5, 5.41) is 9.39. The summed E-state index contributed by atoms with van der Waals surface area (Å²) in [4.78, 5) is 51.9. The minimum absolute atomic E-state index is 0.0714. The summed E-state index contributed by atoms with van der Waals surface area (Å²) in [7, 11) is 0. The largest absolute Gasteiger partial charge is 0.295 e. The van der Waals surface area contributed by atoms with E-state index in [9.17, 15) is 19.2 Å². The van der Waals surface area contributed by atoms with E-state index in [2.05, 4.69) is 20.5 Å². The molecular formula is C11H9N5O4. The Morgan fingerprint density at radius 3 is 2.50 bits per heavy atom. The molecule has 1 atom stereocenters. The number of nitrogens with zero attached hydrogens (tertiary/aromatic N) is 4. The lowest BCUT2D eigenvalue weighted by molar-refractivity contribution is -0.136. The molecule has 2 aliphatic rings. The molecule has 1 fully saturated rings. The summed E-state index contributed by atoms with van der Waals surface area (Å²) in [5.74, 6) is -2.22. The van der Waals surface area contributed by atoms with E-state index in [1.807, 2.05) is 0 Å². The van der Waals surface area contributed by atoms with Gasteiger partial charge in [-0.15, -0.1) is 10.2 Å². The number of carbonyl (C=O) groups is 4. The van der Waals surface area contributed by atoms with Crippen molar-refractivity contribution < 1.29 is 19.2 Å². The molecule has 4 amide bonds. The zero-order chi connectivity index (χ0) is 14.4. The van der Waals surface area contributed by atoms with Crippen LogP contribution in [0.25, 0.3) is 0 Å². The molecule has 1 N–H and O–H groups in total. The molecule has 0 spiro atoms. The van der Waals surface area contributed by atoms with Crippen LogP contribution in [-0.2, 0) is 9.59 Å². The summed E-state index contributed by atoms with van der Waals surface area (Å²) in [5.41, 5.74) is -0.266. The molecule has 102 valence electrons. The van der Waals surface area contributed by atoms with Crippen LogP contribution in [-0.4, -0.2) is 49.8 Å². The third-order valence-corrected chi connectivity index (χ3v) is 3.16. The first-order chi connectivity index (χ1) is 9.49. The smallest absolute Gasteiger partial charge is 0.284 e. The van der Waals surface area contributed by atoms with Crippen LogP contribution in [0.1, 0.15) is 39.6 Å². The highest BCUT2D eigenvalue weighted by Gasteiger charge is 2.46. The molecule has 0 bridgehead atoms. The molecule has 2 aliphatic heterocycles. The molecule has 9 heteroatoms. The SMILES string of the molecule is Cc1nnc2c(n1)C(=O)N(C1CCC(=O)NC1=O)C2=O. The Bertz CT molecular complexity index is 671. The average molecular weight is 275 g/mol. The lowest BCUT2D eigenvalue weighted by atomic mass is 10.0. The lowest BCUT2D eigenvalue weighted by Crippen LogP contribution is -2.54. The van der Waals surface area contributed by atoms with Crippen molar-refractivity contribution in [3.05, 3.63) is 17.2 Å². The second-order valence-electron chi connectivity index (χ2n) is 4.50. The van der Waals surface area contributed by atoms with Gasteiger partial charge in [-0.3, -0.25) is 29.4 Å². The molecule has 3 rings (SSSR count). The van der Waals surface area contributed by atoms with Crippen molar-refractivity contribution in [2.45, 2.75) is 25.8 Å². The first kappa shape index (κ1) is 12.3. The summed E-state index contributed by atoms with van der Waals surface area (Å²) >= 11 is 0. The van der Waals surface area contributed by atoms with Crippen LogP contribution in [0.15, 0.2) is 0 Å². The molecule has 0 radical (unpaired) electrons. The molecule has 0 saturated carbocycles. The standard InChI is InChI=1S/C11H9N5O4/c1-4-12-7-8(15-14-4)11(20)16(10(7)19)5-2-3-6(17)13-9(5)18/h5H,2-3H2,1H3,(H,13,17,18). The van der Waals surface area contributed by atoms with Gasteiger partial charge in [0.25, 0.3) is 11.8 Å². The van der Waals surface area contributed by atoms with Gasteiger partial charge in [0.1, 0.15) is 11.9 Å². The van der Waals surface area contributed by atoms with E-state index < -0.39 is 29.7 Å². The zero-order valence-corrected chi connectivity index (χ0v) is 10.4. The molecule has 1 unspecified atom stereocenters. The van der Waals surface area contributed by atoms with E-state index in [0.29, 0.717) is 0 Å². The summed E-state index contributed by atoms with van der Waals surface area (Å²) < 4.78 is 0. The van der Waals surface area contributed by atoms with Crippen LogP contribution < -0.4 is 5.32 Å². The molecule has 20 heavy (non-hydrogen) atoms. The number of rotatable bonds is 1. The number of amides is 4. The minimum Gasteiger partial charge on any atom is -0.295 e. The Morgan fingerprint density at radius 1 is 1.10 bits per heavy atom. The predicted octanol–water partition coefficient (Wildman–Crippen LogP) is -1.42. The number of hydrogen-bond acceptors (Lipinski definition) is 7. The van der Waals surface area contributed by atoms with Gasteiger partial charge < -0.3 is 0 Å². The lowest BCUT2D eigenvalue weighted by Gasteiger charge is -2.27. The molecule has 3 heterocycles. The van der Waals surface area contributed by atoms with Crippen molar-refractivity contribution in [2.24, 2.45) is 0 Å². The zero-order valence-electron chi connectivity index (χ0n) is 10.4. The van der Waals surface area contributed by atoms with E-state index in [4.69, 9.17) is 0 Å². The molecule has 1 aromatic rings. The van der Waals surface area contributed by atoms with Gasteiger partial charge in [-0.2, -0.15) is 0 Å². The van der Waals surface area contributed by atoms with Gasteiger partial charge in [0, 0.05) is 6.42 Å². The van der Waals surface area contributed by atoms with Crippen molar-refractivity contribution in [1.29, 1.82) is 0 Å². The normalized spacial score (nSPS) is 22.1. The number of fused-ring (bicyclic) bond motifs is 1. The number of imide groups is 2. The van der Waals surface area contributed by atoms with Crippen LogP contribution in [0.5, 0.6) is 0 Å². The highest BCUT2D eigenvalue weighted by atomic mass is 16.2. The maximum atomic E-state index is 12.2. The molecule has 1 aromatic heterocycles. The van der Waals surface area contributed by atoms with Crippen LogP contribution in [0.4, 0.5) is 0 Å². The summed E-state index contributed by atoms with van der Waals surface area (Å²) in [6.45, 7) is 1.54. The van der Waals surface area contributed by atoms with E-state index in [0.717, 1.165) is 4.90 Å². The Balaban J connectivity index is 1.97. The topological polar surface area (TPSA) is 122 Å². The fourth-order valence-electron chi connectivity index (χ4n) is 2.23.